The molecule has 0 aliphatic carbocycles. The molecule has 0 bridgehead atoms. The highest BCUT2D eigenvalue weighted by Gasteiger charge is 2.10. The number of hydrogen-bond acceptors (Lipinski definition) is 4. The standard InChI is InChI=1S/C6H5ClN4O2/c7-5(1-8)3-10-4-6(2-9-10)11(12)13/h2,4-5H,3H2. The molecular weight excluding hydrogens is 196 g/mol. The van der Waals surface area contributed by atoms with Gasteiger partial charge in [0.05, 0.1) is 17.5 Å². The Labute approximate surface area is 78.5 Å². The summed E-state index contributed by atoms with van der Waals surface area (Å²) in [5.74, 6) is 0. The largest absolute Gasteiger partial charge is 0.306 e. The molecule has 0 saturated heterocycles. The van der Waals surface area contributed by atoms with Crippen LogP contribution in [0, 0.1) is 21.4 Å². The summed E-state index contributed by atoms with van der Waals surface area (Å²) >= 11 is 5.50. The second kappa shape index (κ2) is 3.87. The topological polar surface area (TPSA) is 84.8 Å². The highest BCUT2D eigenvalue weighted by Crippen LogP contribution is 2.09. The molecule has 1 atom stereocenters. The van der Waals surface area contributed by atoms with Crippen molar-refractivity contribution >= 4 is 17.3 Å². The summed E-state index contributed by atoms with van der Waals surface area (Å²) < 4.78 is 1.26. The molecule has 0 aliphatic rings. The van der Waals surface area contributed by atoms with Crippen LogP contribution >= 0.6 is 11.6 Å². The third-order valence-corrected chi connectivity index (χ3v) is 1.55. The first-order valence-electron chi connectivity index (χ1n) is 3.34. The zero-order valence-corrected chi connectivity index (χ0v) is 7.18. The van der Waals surface area contributed by atoms with Crippen LogP contribution in [0.25, 0.3) is 0 Å². The summed E-state index contributed by atoms with van der Waals surface area (Å²) in [5.41, 5.74) is -0.109. The summed E-state index contributed by atoms with van der Waals surface area (Å²) in [4.78, 5) is 9.67. The van der Waals surface area contributed by atoms with Gasteiger partial charge in [0.15, 0.2) is 0 Å². The van der Waals surface area contributed by atoms with Crippen LogP contribution in [-0.4, -0.2) is 20.1 Å². The first-order valence-corrected chi connectivity index (χ1v) is 3.77. The van der Waals surface area contributed by atoms with Gasteiger partial charge in [0.25, 0.3) is 0 Å². The van der Waals surface area contributed by atoms with Crippen molar-refractivity contribution in [1.82, 2.24) is 9.78 Å². The lowest BCUT2D eigenvalue weighted by Gasteiger charge is -1.98. The fourth-order valence-electron chi connectivity index (χ4n) is 0.752. The number of hydrogen-bond donors (Lipinski definition) is 0. The van der Waals surface area contributed by atoms with Crippen LogP contribution in [0.1, 0.15) is 0 Å². The highest BCUT2D eigenvalue weighted by atomic mass is 35.5. The third kappa shape index (κ3) is 2.42. The zero-order valence-electron chi connectivity index (χ0n) is 6.42. The van der Waals surface area contributed by atoms with Gasteiger partial charge in [-0.2, -0.15) is 10.4 Å². The molecule has 0 aliphatic heterocycles. The third-order valence-electron chi connectivity index (χ3n) is 1.32. The van der Waals surface area contributed by atoms with Crippen LogP contribution in [0.2, 0.25) is 0 Å². The van der Waals surface area contributed by atoms with Crippen LogP contribution in [0.4, 0.5) is 5.69 Å². The molecule has 1 aromatic rings. The quantitative estimate of drug-likeness (QED) is 0.413. The Morgan fingerprint density at radius 3 is 3.08 bits per heavy atom. The summed E-state index contributed by atoms with van der Waals surface area (Å²) in [7, 11) is 0. The van der Waals surface area contributed by atoms with E-state index in [1.54, 1.807) is 6.07 Å². The van der Waals surface area contributed by atoms with Gasteiger partial charge in [-0.05, 0) is 0 Å². The fraction of sp³-hybridized carbons (Fsp3) is 0.333. The predicted molar refractivity (Wildman–Crippen MR) is 44.1 cm³/mol. The van der Waals surface area contributed by atoms with Gasteiger partial charge in [0.2, 0.25) is 0 Å². The van der Waals surface area contributed by atoms with Gasteiger partial charge >= 0.3 is 5.69 Å². The van der Waals surface area contributed by atoms with E-state index in [4.69, 9.17) is 16.9 Å². The molecule has 7 heteroatoms. The summed E-state index contributed by atoms with van der Waals surface area (Å²) in [5, 5.41) is 21.5. The maximum Gasteiger partial charge on any atom is 0.306 e. The van der Waals surface area contributed by atoms with E-state index in [0.717, 1.165) is 6.20 Å². The van der Waals surface area contributed by atoms with Gasteiger partial charge in [-0.25, -0.2) is 0 Å². The predicted octanol–water partition coefficient (Wildman–Crippen LogP) is 0.922. The molecule has 6 nitrogen and oxygen atoms in total. The maximum absolute atomic E-state index is 10.2. The van der Waals surface area contributed by atoms with Gasteiger partial charge in [-0.1, -0.05) is 0 Å². The van der Waals surface area contributed by atoms with Crippen molar-refractivity contribution in [2.24, 2.45) is 0 Å². The molecule has 0 spiro atoms. The monoisotopic (exact) mass is 200 g/mol. The molecule has 0 aromatic carbocycles. The van der Waals surface area contributed by atoms with E-state index in [1.807, 2.05) is 0 Å². The van der Waals surface area contributed by atoms with Gasteiger partial charge in [-0.15, -0.1) is 11.6 Å². The van der Waals surface area contributed by atoms with Gasteiger partial charge < -0.3 is 0 Å². The van der Waals surface area contributed by atoms with Crippen molar-refractivity contribution in [3.8, 4) is 6.07 Å². The second-order valence-electron chi connectivity index (χ2n) is 2.27. The average Bonchev–Trinajstić information content (AvgIpc) is 2.52. The number of rotatable bonds is 3. The van der Waals surface area contributed by atoms with Crippen molar-refractivity contribution in [1.29, 1.82) is 5.26 Å². The van der Waals surface area contributed by atoms with E-state index >= 15 is 0 Å². The number of nitro groups is 1. The highest BCUT2D eigenvalue weighted by molar-refractivity contribution is 6.22. The zero-order chi connectivity index (χ0) is 9.84. The lowest BCUT2D eigenvalue weighted by atomic mass is 10.4. The van der Waals surface area contributed by atoms with Crippen molar-refractivity contribution in [3.05, 3.63) is 22.5 Å². The first-order chi connectivity index (χ1) is 6.13. The minimum atomic E-state index is -0.723. The Kier molecular flexibility index (Phi) is 2.82. The van der Waals surface area contributed by atoms with Gasteiger partial charge in [0.1, 0.15) is 17.8 Å². The SMILES string of the molecule is N#CC(Cl)Cn1cc([N+](=O)[O-])cn1. The number of aromatic nitrogens is 2. The van der Waals surface area contributed by atoms with Crippen molar-refractivity contribution < 1.29 is 4.92 Å². The number of nitriles is 1. The maximum atomic E-state index is 10.2. The van der Waals surface area contributed by atoms with Gasteiger partial charge in [-0.3, -0.25) is 14.8 Å². The Morgan fingerprint density at radius 2 is 2.62 bits per heavy atom. The summed E-state index contributed by atoms with van der Waals surface area (Å²) in [6, 6.07) is 1.79. The Bertz CT molecular complexity index is 356. The Balaban J connectivity index is 2.70. The molecule has 0 amide bonds. The molecule has 0 radical (unpaired) electrons. The van der Waals surface area contributed by atoms with Crippen LogP contribution in [0.5, 0.6) is 0 Å². The number of nitrogens with zero attached hydrogens (tertiary/aromatic N) is 4. The van der Waals surface area contributed by atoms with E-state index in [1.165, 1.54) is 10.9 Å². The normalized spacial score (nSPS) is 12.0. The second-order valence-corrected chi connectivity index (χ2v) is 2.80. The van der Waals surface area contributed by atoms with Crippen molar-refractivity contribution in [2.45, 2.75) is 11.9 Å². The molecule has 1 heterocycles. The molecular formula is C6H5ClN4O2. The van der Waals surface area contributed by atoms with E-state index < -0.39 is 10.3 Å². The smallest absolute Gasteiger partial charge is 0.263 e. The fourth-order valence-corrected chi connectivity index (χ4v) is 0.893. The molecule has 1 aromatic heterocycles. The minimum absolute atomic E-state index is 0.109. The average molecular weight is 201 g/mol. The minimum Gasteiger partial charge on any atom is -0.263 e. The molecule has 13 heavy (non-hydrogen) atoms. The van der Waals surface area contributed by atoms with Crippen LogP contribution in [-0.2, 0) is 6.54 Å². The molecule has 1 unspecified atom stereocenters. The van der Waals surface area contributed by atoms with E-state index in [9.17, 15) is 10.1 Å². The van der Waals surface area contributed by atoms with Crippen molar-refractivity contribution in [2.75, 3.05) is 0 Å². The Morgan fingerprint density at radius 1 is 1.92 bits per heavy atom. The molecule has 1 rings (SSSR count). The summed E-state index contributed by atoms with van der Waals surface area (Å²) in [6.45, 7) is 0.145. The molecule has 0 saturated carbocycles. The van der Waals surface area contributed by atoms with Crippen LogP contribution in [0.3, 0.4) is 0 Å². The Hall–Kier alpha value is -1.61. The van der Waals surface area contributed by atoms with Crippen LogP contribution in [0.15, 0.2) is 12.4 Å². The molecule has 68 valence electrons. The summed E-state index contributed by atoms with van der Waals surface area (Å²) in [6.07, 6.45) is 2.34. The van der Waals surface area contributed by atoms with E-state index in [-0.39, 0.29) is 12.2 Å². The van der Waals surface area contributed by atoms with Crippen LogP contribution < -0.4 is 0 Å². The van der Waals surface area contributed by atoms with E-state index in [0.29, 0.717) is 0 Å². The number of halogens is 1. The molecule has 0 fully saturated rings. The lowest BCUT2D eigenvalue weighted by molar-refractivity contribution is -0.385. The number of alkyl halides is 1. The first kappa shape index (κ1) is 9.48. The van der Waals surface area contributed by atoms with Crippen molar-refractivity contribution in [3.63, 3.8) is 0 Å². The van der Waals surface area contributed by atoms with E-state index in [2.05, 4.69) is 5.10 Å². The van der Waals surface area contributed by atoms with Gasteiger partial charge in [0, 0.05) is 0 Å². The molecule has 0 N–H and O–H groups in total. The lowest BCUT2D eigenvalue weighted by Crippen LogP contribution is -2.08.